The third-order valence-corrected chi connectivity index (χ3v) is 3.19. The number of halogens is 1. The number of rotatable bonds is 7. The maximum absolute atomic E-state index is 10.8. The van der Waals surface area contributed by atoms with Crippen LogP contribution in [-0.2, 0) is 6.54 Å². The predicted octanol–water partition coefficient (Wildman–Crippen LogP) is 3.09. The van der Waals surface area contributed by atoms with Crippen molar-refractivity contribution in [2.24, 2.45) is 0 Å². The molecule has 17 heavy (non-hydrogen) atoms. The first-order chi connectivity index (χ1) is 8.15. The number of nitro benzene ring substituents is 1. The molecule has 1 rings (SSSR count). The number of benzene rings is 1. The highest BCUT2D eigenvalue weighted by Crippen LogP contribution is 2.22. The molecular weight excluding hydrogens is 260 g/mol. The summed E-state index contributed by atoms with van der Waals surface area (Å²) in [6.45, 7) is 1.36. The van der Waals surface area contributed by atoms with E-state index in [-0.39, 0.29) is 5.69 Å². The molecule has 0 aromatic heterocycles. The third kappa shape index (κ3) is 4.93. The van der Waals surface area contributed by atoms with Crippen molar-refractivity contribution in [2.75, 3.05) is 18.6 Å². The first-order valence-corrected chi connectivity index (χ1v) is 7.05. The van der Waals surface area contributed by atoms with Gasteiger partial charge in [-0.25, -0.2) is 0 Å². The van der Waals surface area contributed by atoms with Gasteiger partial charge in [-0.3, -0.25) is 10.1 Å². The van der Waals surface area contributed by atoms with Crippen LogP contribution in [0.25, 0.3) is 0 Å². The molecule has 1 aromatic rings. The molecule has 0 saturated heterocycles. The van der Waals surface area contributed by atoms with Gasteiger partial charge in [0.05, 0.1) is 4.92 Å². The van der Waals surface area contributed by atoms with Crippen molar-refractivity contribution >= 4 is 29.1 Å². The topological polar surface area (TPSA) is 55.2 Å². The molecule has 0 fully saturated rings. The number of nitro groups is 1. The van der Waals surface area contributed by atoms with Crippen LogP contribution in [0.15, 0.2) is 18.2 Å². The summed E-state index contributed by atoms with van der Waals surface area (Å²) in [5, 5.41) is 14.4. The van der Waals surface area contributed by atoms with Crippen LogP contribution in [0.2, 0.25) is 5.02 Å². The van der Waals surface area contributed by atoms with E-state index >= 15 is 0 Å². The maximum Gasteiger partial charge on any atom is 0.275 e. The lowest BCUT2D eigenvalue weighted by atomic mass is 10.2. The van der Waals surface area contributed by atoms with E-state index in [1.165, 1.54) is 6.07 Å². The van der Waals surface area contributed by atoms with Crippen LogP contribution in [0.5, 0.6) is 0 Å². The number of hydrogen-bond donors (Lipinski definition) is 1. The van der Waals surface area contributed by atoms with E-state index in [4.69, 9.17) is 11.6 Å². The van der Waals surface area contributed by atoms with E-state index in [2.05, 4.69) is 11.6 Å². The largest absolute Gasteiger partial charge is 0.312 e. The van der Waals surface area contributed by atoms with Gasteiger partial charge in [0.2, 0.25) is 0 Å². The summed E-state index contributed by atoms with van der Waals surface area (Å²) in [6.07, 6.45) is 3.12. The zero-order chi connectivity index (χ0) is 12.7. The van der Waals surface area contributed by atoms with Crippen LogP contribution in [0, 0.1) is 10.1 Å². The SMILES string of the molecule is CSCCCNCc1ccc(Cl)cc1[N+](=O)[O-]. The number of hydrogen-bond acceptors (Lipinski definition) is 4. The van der Waals surface area contributed by atoms with Crippen LogP contribution >= 0.6 is 23.4 Å². The van der Waals surface area contributed by atoms with Gasteiger partial charge in [0.1, 0.15) is 0 Å². The van der Waals surface area contributed by atoms with E-state index in [1.54, 1.807) is 23.9 Å². The summed E-state index contributed by atoms with van der Waals surface area (Å²) < 4.78 is 0. The average Bonchev–Trinajstić information content (AvgIpc) is 2.30. The van der Waals surface area contributed by atoms with Gasteiger partial charge in [-0.15, -0.1) is 0 Å². The van der Waals surface area contributed by atoms with Gasteiger partial charge in [0.25, 0.3) is 5.69 Å². The van der Waals surface area contributed by atoms with Crippen LogP contribution in [0.4, 0.5) is 5.69 Å². The van der Waals surface area contributed by atoms with Gasteiger partial charge in [-0.05, 0) is 37.1 Å². The van der Waals surface area contributed by atoms with E-state index in [9.17, 15) is 10.1 Å². The maximum atomic E-state index is 10.8. The Morgan fingerprint density at radius 2 is 2.29 bits per heavy atom. The lowest BCUT2D eigenvalue weighted by molar-refractivity contribution is -0.385. The highest BCUT2D eigenvalue weighted by Gasteiger charge is 2.13. The van der Waals surface area contributed by atoms with Crippen molar-refractivity contribution in [3.63, 3.8) is 0 Å². The number of nitrogens with one attached hydrogen (secondary N) is 1. The Kier molecular flexibility index (Phi) is 6.32. The first-order valence-electron chi connectivity index (χ1n) is 5.27. The highest BCUT2D eigenvalue weighted by atomic mass is 35.5. The molecule has 1 aromatic carbocycles. The zero-order valence-corrected chi connectivity index (χ0v) is 11.2. The Bertz CT molecular complexity index is 388. The van der Waals surface area contributed by atoms with Crippen molar-refractivity contribution in [1.29, 1.82) is 0 Å². The fraction of sp³-hybridized carbons (Fsp3) is 0.455. The molecular formula is C11H15ClN2O2S. The predicted molar refractivity (Wildman–Crippen MR) is 72.8 cm³/mol. The normalized spacial score (nSPS) is 10.5. The molecule has 0 aliphatic heterocycles. The van der Waals surface area contributed by atoms with Crippen molar-refractivity contribution < 1.29 is 4.92 Å². The minimum atomic E-state index is -0.398. The van der Waals surface area contributed by atoms with E-state index < -0.39 is 4.92 Å². The molecule has 0 heterocycles. The van der Waals surface area contributed by atoms with Gasteiger partial charge in [-0.2, -0.15) is 11.8 Å². The number of nitrogens with zero attached hydrogens (tertiary/aromatic N) is 1. The summed E-state index contributed by atoms with van der Waals surface area (Å²) in [5.41, 5.74) is 0.749. The minimum absolute atomic E-state index is 0.0786. The van der Waals surface area contributed by atoms with Crippen LogP contribution in [0.3, 0.4) is 0 Å². The Morgan fingerprint density at radius 1 is 1.53 bits per heavy atom. The van der Waals surface area contributed by atoms with Crippen molar-refractivity contribution in [3.8, 4) is 0 Å². The first kappa shape index (κ1) is 14.3. The van der Waals surface area contributed by atoms with E-state index in [0.29, 0.717) is 17.1 Å². The minimum Gasteiger partial charge on any atom is -0.312 e. The van der Waals surface area contributed by atoms with Crippen LogP contribution in [0.1, 0.15) is 12.0 Å². The standard InChI is InChI=1S/C11H15ClN2O2S/c1-17-6-2-5-13-8-9-3-4-10(12)7-11(9)14(15)16/h3-4,7,13H,2,5-6,8H2,1H3. The molecule has 0 saturated carbocycles. The molecule has 0 amide bonds. The summed E-state index contributed by atoms with van der Waals surface area (Å²) in [6, 6.07) is 4.76. The summed E-state index contributed by atoms with van der Waals surface area (Å²) in [7, 11) is 0. The molecule has 0 aliphatic carbocycles. The highest BCUT2D eigenvalue weighted by molar-refractivity contribution is 7.98. The van der Waals surface area contributed by atoms with E-state index in [1.807, 2.05) is 0 Å². The second-order valence-electron chi connectivity index (χ2n) is 3.55. The third-order valence-electron chi connectivity index (χ3n) is 2.26. The second kappa shape index (κ2) is 7.53. The fourth-order valence-corrected chi connectivity index (χ4v) is 2.02. The number of thioether (sulfide) groups is 1. The molecule has 6 heteroatoms. The van der Waals surface area contributed by atoms with Gasteiger partial charge < -0.3 is 5.32 Å². The fourth-order valence-electron chi connectivity index (χ4n) is 1.42. The Balaban J connectivity index is 2.55. The van der Waals surface area contributed by atoms with E-state index in [0.717, 1.165) is 18.7 Å². The molecule has 0 aliphatic rings. The summed E-state index contributed by atoms with van der Waals surface area (Å²) in [5.74, 6) is 1.09. The summed E-state index contributed by atoms with van der Waals surface area (Å²) in [4.78, 5) is 10.4. The smallest absolute Gasteiger partial charge is 0.275 e. The van der Waals surface area contributed by atoms with Crippen LogP contribution < -0.4 is 5.32 Å². The Hall–Kier alpha value is -0.780. The lowest BCUT2D eigenvalue weighted by Crippen LogP contribution is -2.16. The van der Waals surface area contributed by atoms with Crippen LogP contribution in [-0.4, -0.2) is 23.5 Å². The molecule has 0 spiro atoms. The molecule has 0 bridgehead atoms. The molecule has 0 unspecified atom stereocenters. The van der Waals surface area contributed by atoms with Gasteiger partial charge in [-0.1, -0.05) is 11.6 Å². The van der Waals surface area contributed by atoms with Crippen molar-refractivity contribution in [1.82, 2.24) is 5.32 Å². The molecule has 0 radical (unpaired) electrons. The van der Waals surface area contributed by atoms with Gasteiger partial charge in [0.15, 0.2) is 0 Å². The summed E-state index contributed by atoms with van der Waals surface area (Å²) >= 11 is 7.53. The Morgan fingerprint density at radius 3 is 2.94 bits per heavy atom. The molecule has 4 nitrogen and oxygen atoms in total. The second-order valence-corrected chi connectivity index (χ2v) is 4.98. The van der Waals surface area contributed by atoms with Gasteiger partial charge in [0, 0.05) is 23.2 Å². The average molecular weight is 275 g/mol. The zero-order valence-electron chi connectivity index (χ0n) is 9.61. The molecule has 0 atom stereocenters. The quantitative estimate of drug-likeness (QED) is 0.472. The van der Waals surface area contributed by atoms with Crippen molar-refractivity contribution in [3.05, 3.63) is 38.9 Å². The molecule has 94 valence electrons. The lowest BCUT2D eigenvalue weighted by Gasteiger charge is -2.05. The Labute approximate surface area is 110 Å². The van der Waals surface area contributed by atoms with Gasteiger partial charge >= 0.3 is 0 Å². The molecule has 1 N–H and O–H groups in total. The van der Waals surface area contributed by atoms with Crippen molar-refractivity contribution in [2.45, 2.75) is 13.0 Å². The monoisotopic (exact) mass is 274 g/mol.